The lowest BCUT2D eigenvalue weighted by Gasteiger charge is -2.07. The lowest BCUT2D eigenvalue weighted by atomic mass is 10.2. The number of aryl methyl sites for hydroxylation is 1. The van der Waals surface area contributed by atoms with Crippen LogP contribution >= 0.6 is 27.5 Å². The lowest BCUT2D eigenvalue weighted by molar-refractivity contribution is 0.760. The summed E-state index contributed by atoms with van der Waals surface area (Å²) in [5.41, 5.74) is 8.58. The second-order valence-corrected chi connectivity index (χ2v) is 4.89. The van der Waals surface area contributed by atoms with Crippen LogP contribution in [0.1, 0.15) is 24.4 Å². The molecule has 0 aliphatic carbocycles. The number of aromatic nitrogens is 2. The molecule has 0 amide bonds. The molecule has 2 rings (SSSR count). The van der Waals surface area contributed by atoms with Gasteiger partial charge in [-0.1, -0.05) is 11.6 Å². The van der Waals surface area contributed by atoms with Crippen molar-refractivity contribution in [1.82, 2.24) is 9.38 Å². The normalized spacial score (nSPS) is 13.4. The van der Waals surface area contributed by atoms with Crippen LogP contribution in [0, 0.1) is 6.92 Å². The van der Waals surface area contributed by atoms with E-state index in [4.69, 9.17) is 17.3 Å². The Hall–Kier alpha value is -0.580. The third-order valence-corrected chi connectivity index (χ3v) is 3.01. The minimum atomic E-state index is -0.0645. The SMILES string of the molecule is Cc1nc2c(Cl)cc(Br)cn2c1C(C)N. The molecule has 0 aliphatic heterocycles. The molecule has 2 aromatic rings. The van der Waals surface area contributed by atoms with Crippen molar-refractivity contribution in [2.45, 2.75) is 19.9 Å². The molecular weight excluding hydrogens is 277 g/mol. The Labute approximate surface area is 101 Å². The summed E-state index contributed by atoms with van der Waals surface area (Å²) in [5.74, 6) is 0. The molecule has 0 spiro atoms. The highest BCUT2D eigenvalue weighted by molar-refractivity contribution is 9.10. The van der Waals surface area contributed by atoms with Gasteiger partial charge in [0.2, 0.25) is 0 Å². The van der Waals surface area contributed by atoms with Crippen LogP contribution in [0.5, 0.6) is 0 Å². The van der Waals surface area contributed by atoms with Crippen molar-refractivity contribution in [3.63, 3.8) is 0 Å². The minimum absolute atomic E-state index is 0.0645. The van der Waals surface area contributed by atoms with E-state index in [0.717, 1.165) is 21.5 Å². The first kappa shape index (κ1) is 10.9. The Morgan fingerprint density at radius 3 is 2.87 bits per heavy atom. The van der Waals surface area contributed by atoms with Crippen molar-refractivity contribution in [3.05, 3.63) is 33.1 Å². The summed E-state index contributed by atoms with van der Waals surface area (Å²) in [6, 6.07) is 1.76. The van der Waals surface area contributed by atoms with Crippen LogP contribution in [0.3, 0.4) is 0 Å². The van der Waals surface area contributed by atoms with Crippen LogP contribution in [-0.2, 0) is 0 Å². The zero-order valence-corrected chi connectivity index (χ0v) is 10.8. The fourth-order valence-electron chi connectivity index (χ4n) is 1.75. The summed E-state index contributed by atoms with van der Waals surface area (Å²) in [7, 11) is 0. The molecule has 80 valence electrons. The van der Waals surface area contributed by atoms with E-state index < -0.39 is 0 Å². The van der Waals surface area contributed by atoms with Gasteiger partial charge >= 0.3 is 0 Å². The summed E-state index contributed by atoms with van der Waals surface area (Å²) in [4.78, 5) is 4.41. The number of imidazole rings is 1. The largest absolute Gasteiger partial charge is 0.323 e. The quantitative estimate of drug-likeness (QED) is 0.876. The molecule has 0 saturated carbocycles. The van der Waals surface area contributed by atoms with Crippen LogP contribution < -0.4 is 5.73 Å². The number of nitrogens with zero attached hydrogens (tertiary/aromatic N) is 2. The molecule has 2 heterocycles. The molecule has 1 unspecified atom stereocenters. The van der Waals surface area contributed by atoms with Crippen molar-refractivity contribution in [1.29, 1.82) is 0 Å². The Bertz CT molecular complexity index is 519. The molecule has 2 N–H and O–H groups in total. The maximum absolute atomic E-state index is 6.10. The van der Waals surface area contributed by atoms with Gasteiger partial charge < -0.3 is 5.73 Å². The first-order valence-corrected chi connectivity index (χ1v) is 5.77. The first-order chi connectivity index (χ1) is 7.00. The fourth-order valence-corrected chi connectivity index (χ4v) is 2.57. The van der Waals surface area contributed by atoms with Crippen LogP contribution in [0.25, 0.3) is 5.65 Å². The number of pyridine rings is 1. The zero-order chi connectivity index (χ0) is 11.2. The average molecular weight is 289 g/mol. The zero-order valence-electron chi connectivity index (χ0n) is 8.46. The van der Waals surface area contributed by atoms with E-state index >= 15 is 0 Å². The molecule has 1 atom stereocenters. The Balaban J connectivity index is 2.86. The number of rotatable bonds is 1. The number of fused-ring (bicyclic) bond motifs is 1. The van der Waals surface area contributed by atoms with Crippen LogP contribution in [0.15, 0.2) is 16.7 Å². The van der Waals surface area contributed by atoms with E-state index in [2.05, 4.69) is 20.9 Å². The average Bonchev–Trinajstić information content (AvgIpc) is 2.41. The third-order valence-electron chi connectivity index (χ3n) is 2.29. The van der Waals surface area contributed by atoms with E-state index in [1.165, 1.54) is 0 Å². The van der Waals surface area contributed by atoms with Gasteiger partial charge in [0, 0.05) is 16.7 Å². The van der Waals surface area contributed by atoms with Gasteiger partial charge in [-0.3, -0.25) is 4.40 Å². The fraction of sp³-hybridized carbons (Fsp3) is 0.300. The van der Waals surface area contributed by atoms with E-state index in [1.54, 1.807) is 0 Å². The van der Waals surface area contributed by atoms with Crippen molar-refractivity contribution >= 4 is 33.2 Å². The molecule has 0 saturated heterocycles. The molecule has 5 heteroatoms. The number of hydrogen-bond donors (Lipinski definition) is 1. The molecule has 3 nitrogen and oxygen atoms in total. The highest BCUT2D eigenvalue weighted by Crippen LogP contribution is 2.26. The van der Waals surface area contributed by atoms with Gasteiger partial charge in [0.25, 0.3) is 0 Å². The topological polar surface area (TPSA) is 43.3 Å². The van der Waals surface area contributed by atoms with E-state index in [9.17, 15) is 0 Å². The Morgan fingerprint density at radius 2 is 2.27 bits per heavy atom. The summed E-state index contributed by atoms with van der Waals surface area (Å²) < 4.78 is 2.85. The van der Waals surface area contributed by atoms with E-state index in [1.807, 2.05) is 30.5 Å². The van der Waals surface area contributed by atoms with Crippen LogP contribution in [0.4, 0.5) is 0 Å². The summed E-state index contributed by atoms with van der Waals surface area (Å²) in [6.07, 6.45) is 1.93. The van der Waals surface area contributed by atoms with Crippen molar-refractivity contribution in [2.24, 2.45) is 5.73 Å². The van der Waals surface area contributed by atoms with E-state index in [0.29, 0.717) is 5.02 Å². The number of nitrogens with two attached hydrogens (primary N) is 1. The van der Waals surface area contributed by atoms with E-state index in [-0.39, 0.29) is 6.04 Å². The van der Waals surface area contributed by atoms with Gasteiger partial charge in [-0.25, -0.2) is 4.98 Å². The van der Waals surface area contributed by atoms with Crippen LogP contribution in [0.2, 0.25) is 5.02 Å². The number of halogens is 2. The maximum atomic E-state index is 6.10. The van der Waals surface area contributed by atoms with Crippen molar-refractivity contribution in [3.8, 4) is 0 Å². The molecule has 0 radical (unpaired) electrons. The first-order valence-electron chi connectivity index (χ1n) is 4.60. The lowest BCUT2D eigenvalue weighted by Crippen LogP contribution is -2.09. The Kier molecular flexibility index (Phi) is 2.75. The Morgan fingerprint density at radius 1 is 1.60 bits per heavy atom. The summed E-state index contributed by atoms with van der Waals surface area (Å²) in [6.45, 7) is 3.88. The predicted octanol–water partition coefficient (Wildman–Crippen LogP) is 3.08. The standard InChI is InChI=1S/C10H11BrClN3/c1-5(13)9-6(2)14-10-8(12)3-7(11)4-15(9)10/h3-5H,13H2,1-2H3. The highest BCUT2D eigenvalue weighted by atomic mass is 79.9. The van der Waals surface area contributed by atoms with Gasteiger partial charge in [-0.15, -0.1) is 0 Å². The van der Waals surface area contributed by atoms with Gasteiger partial charge in [0.05, 0.1) is 16.4 Å². The predicted molar refractivity (Wildman–Crippen MR) is 65.2 cm³/mol. The second kappa shape index (κ2) is 3.77. The molecule has 0 aliphatic rings. The van der Waals surface area contributed by atoms with Crippen molar-refractivity contribution in [2.75, 3.05) is 0 Å². The third kappa shape index (κ3) is 1.77. The van der Waals surface area contributed by atoms with Gasteiger partial charge in [0.1, 0.15) is 0 Å². The summed E-state index contributed by atoms with van der Waals surface area (Å²) >= 11 is 9.50. The monoisotopic (exact) mass is 287 g/mol. The smallest absolute Gasteiger partial charge is 0.156 e. The molecule has 2 aromatic heterocycles. The summed E-state index contributed by atoms with van der Waals surface area (Å²) in [5, 5.41) is 0.624. The minimum Gasteiger partial charge on any atom is -0.323 e. The maximum Gasteiger partial charge on any atom is 0.156 e. The molecule has 0 fully saturated rings. The van der Waals surface area contributed by atoms with Gasteiger partial charge in [-0.2, -0.15) is 0 Å². The molecule has 0 bridgehead atoms. The van der Waals surface area contributed by atoms with Crippen LogP contribution in [-0.4, -0.2) is 9.38 Å². The highest BCUT2D eigenvalue weighted by Gasteiger charge is 2.14. The number of hydrogen-bond acceptors (Lipinski definition) is 2. The van der Waals surface area contributed by atoms with Crippen molar-refractivity contribution < 1.29 is 0 Å². The molecule has 15 heavy (non-hydrogen) atoms. The molecule has 0 aromatic carbocycles. The van der Waals surface area contributed by atoms with Gasteiger partial charge in [0.15, 0.2) is 5.65 Å². The van der Waals surface area contributed by atoms with Gasteiger partial charge in [-0.05, 0) is 35.8 Å². The second-order valence-electron chi connectivity index (χ2n) is 3.57. The molecular formula is C10H11BrClN3.